The summed E-state index contributed by atoms with van der Waals surface area (Å²) in [6.45, 7) is 2.18. The molecule has 0 bridgehead atoms. The van der Waals surface area contributed by atoms with Gasteiger partial charge in [0.25, 0.3) is 5.91 Å². The van der Waals surface area contributed by atoms with Crippen LogP contribution in [0.2, 0.25) is 5.02 Å². The minimum atomic E-state index is -1.13. The predicted molar refractivity (Wildman–Crippen MR) is 67.2 cm³/mol. The number of hydrogen-bond acceptors (Lipinski definition) is 3. The Morgan fingerprint density at radius 1 is 1.44 bits per heavy atom. The Morgan fingerprint density at radius 3 is 2.67 bits per heavy atom. The molecule has 0 aliphatic heterocycles. The van der Waals surface area contributed by atoms with Gasteiger partial charge in [-0.15, -0.1) is 0 Å². The first-order chi connectivity index (χ1) is 8.45. The van der Waals surface area contributed by atoms with Gasteiger partial charge in [-0.3, -0.25) is 4.79 Å². The highest BCUT2D eigenvalue weighted by Crippen LogP contribution is 2.23. The predicted octanol–water partition coefficient (Wildman–Crippen LogP) is 1.90. The molecule has 0 unspecified atom stereocenters. The van der Waals surface area contributed by atoms with E-state index in [2.05, 4.69) is 0 Å². The summed E-state index contributed by atoms with van der Waals surface area (Å²) in [5, 5.41) is 9.31. The van der Waals surface area contributed by atoms with E-state index in [-0.39, 0.29) is 23.8 Å². The standard InChI is InChI=1S/C12H14ClNO4/c1-3-14(2)11(15)7-18-10-6-8(13)4-5-9(10)12(16)17/h4-6H,3,7H2,1-2H3,(H,16,17). The molecule has 0 aromatic heterocycles. The van der Waals surface area contributed by atoms with Crippen molar-refractivity contribution in [3.8, 4) is 5.75 Å². The van der Waals surface area contributed by atoms with Crippen molar-refractivity contribution < 1.29 is 19.4 Å². The molecule has 5 nitrogen and oxygen atoms in total. The minimum Gasteiger partial charge on any atom is -0.483 e. The highest BCUT2D eigenvalue weighted by Gasteiger charge is 2.14. The summed E-state index contributed by atoms with van der Waals surface area (Å²) < 4.78 is 5.21. The first-order valence-electron chi connectivity index (χ1n) is 5.35. The molecule has 0 aliphatic rings. The van der Waals surface area contributed by atoms with E-state index >= 15 is 0 Å². The molecule has 0 fully saturated rings. The SMILES string of the molecule is CCN(C)C(=O)COc1cc(Cl)ccc1C(=O)O. The van der Waals surface area contributed by atoms with Crippen LogP contribution in [0.15, 0.2) is 18.2 Å². The van der Waals surface area contributed by atoms with Gasteiger partial charge in [0.2, 0.25) is 0 Å². The van der Waals surface area contributed by atoms with Gasteiger partial charge in [-0.25, -0.2) is 4.79 Å². The van der Waals surface area contributed by atoms with E-state index in [1.807, 2.05) is 6.92 Å². The van der Waals surface area contributed by atoms with E-state index in [1.54, 1.807) is 7.05 Å². The number of aromatic carboxylic acids is 1. The summed E-state index contributed by atoms with van der Waals surface area (Å²) in [4.78, 5) is 24.0. The summed E-state index contributed by atoms with van der Waals surface area (Å²) in [6.07, 6.45) is 0. The number of rotatable bonds is 5. The highest BCUT2D eigenvalue weighted by atomic mass is 35.5. The van der Waals surface area contributed by atoms with Crippen LogP contribution in [0, 0.1) is 0 Å². The van der Waals surface area contributed by atoms with Gasteiger partial charge in [0.1, 0.15) is 11.3 Å². The van der Waals surface area contributed by atoms with Gasteiger partial charge in [0.15, 0.2) is 6.61 Å². The molecule has 1 aromatic rings. The Balaban J connectivity index is 2.81. The maximum absolute atomic E-state index is 11.5. The maximum Gasteiger partial charge on any atom is 0.339 e. The molecule has 18 heavy (non-hydrogen) atoms. The zero-order valence-electron chi connectivity index (χ0n) is 10.1. The summed E-state index contributed by atoms with van der Waals surface area (Å²) >= 11 is 5.76. The molecule has 6 heteroatoms. The van der Waals surface area contributed by atoms with Gasteiger partial charge in [-0.1, -0.05) is 11.6 Å². The molecule has 0 spiro atoms. The van der Waals surface area contributed by atoms with Crippen molar-refractivity contribution >= 4 is 23.5 Å². The van der Waals surface area contributed by atoms with Crippen molar-refractivity contribution in [3.63, 3.8) is 0 Å². The molecule has 0 aliphatic carbocycles. The fourth-order valence-electron chi connectivity index (χ4n) is 1.22. The smallest absolute Gasteiger partial charge is 0.339 e. The van der Waals surface area contributed by atoms with Crippen molar-refractivity contribution in [2.45, 2.75) is 6.92 Å². The fourth-order valence-corrected chi connectivity index (χ4v) is 1.38. The van der Waals surface area contributed by atoms with Crippen LogP contribution in [0.3, 0.4) is 0 Å². The molecule has 1 rings (SSSR count). The molecule has 1 amide bonds. The lowest BCUT2D eigenvalue weighted by atomic mass is 10.2. The molecular weight excluding hydrogens is 258 g/mol. The van der Waals surface area contributed by atoms with Crippen LogP contribution in [-0.4, -0.2) is 42.1 Å². The Labute approximate surface area is 110 Å². The average Bonchev–Trinajstić information content (AvgIpc) is 2.34. The Kier molecular flexibility index (Phi) is 4.97. The number of halogens is 1. The number of likely N-dealkylation sites (N-methyl/N-ethyl adjacent to an activating group) is 1. The Hall–Kier alpha value is -1.75. The van der Waals surface area contributed by atoms with Crippen molar-refractivity contribution in [1.82, 2.24) is 4.90 Å². The van der Waals surface area contributed by atoms with Crippen molar-refractivity contribution in [3.05, 3.63) is 28.8 Å². The zero-order valence-corrected chi connectivity index (χ0v) is 10.9. The number of carbonyl (C=O) groups is 2. The van der Waals surface area contributed by atoms with Gasteiger partial charge in [0.05, 0.1) is 0 Å². The third-order valence-corrected chi connectivity index (χ3v) is 2.66. The van der Waals surface area contributed by atoms with E-state index in [9.17, 15) is 9.59 Å². The molecule has 0 saturated heterocycles. The van der Waals surface area contributed by atoms with E-state index < -0.39 is 5.97 Å². The Bertz CT molecular complexity index is 461. The second kappa shape index (κ2) is 6.26. The molecular formula is C12H14ClNO4. The summed E-state index contributed by atoms with van der Waals surface area (Å²) in [5.41, 5.74) is -0.0219. The second-order valence-electron chi connectivity index (χ2n) is 3.64. The van der Waals surface area contributed by atoms with Gasteiger partial charge >= 0.3 is 5.97 Å². The number of hydrogen-bond donors (Lipinski definition) is 1. The third-order valence-electron chi connectivity index (χ3n) is 2.43. The van der Waals surface area contributed by atoms with Gasteiger partial charge < -0.3 is 14.7 Å². The zero-order chi connectivity index (χ0) is 13.7. The molecule has 1 aromatic carbocycles. The number of benzene rings is 1. The first-order valence-corrected chi connectivity index (χ1v) is 5.73. The largest absolute Gasteiger partial charge is 0.483 e. The van der Waals surface area contributed by atoms with Crippen LogP contribution >= 0.6 is 11.6 Å². The van der Waals surface area contributed by atoms with E-state index in [0.717, 1.165) is 0 Å². The van der Waals surface area contributed by atoms with Crippen LogP contribution < -0.4 is 4.74 Å². The van der Waals surface area contributed by atoms with E-state index in [1.165, 1.54) is 23.1 Å². The monoisotopic (exact) mass is 271 g/mol. The molecule has 0 radical (unpaired) electrons. The number of amides is 1. The Morgan fingerprint density at radius 2 is 2.11 bits per heavy atom. The highest BCUT2D eigenvalue weighted by molar-refractivity contribution is 6.30. The molecule has 0 atom stereocenters. The fraction of sp³-hybridized carbons (Fsp3) is 0.333. The lowest BCUT2D eigenvalue weighted by Crippen LogP contribution is -2.31. The van der Waals surface area contributed by atoms with Gasteiger partial charge in [-0.05, 0) is 25.1 Å². The van der Waals surface area contributed by atoms with Crippen LogP contribution in [0.5, 0.6) is 5.75 Å². The number of ether oxygens (including phenoxy) is 1. The number of carboxylic acids is 1. The molecule has 0 saturated carbocycles. The normalized spacial score (nSPS) is 9.94. The van der Waals surface area contributed by atoms with E-state index in [4.69, 9.17) is 21.4 Å². The molecule has 1 N–H and O–H groups in total. The topological polar surface area (TPSA) is 66.8 Å². The van der Waals surface area contributed by atoms with E-state index in [0.29, 0.717) is 11.6 Å². The van der Waals surface area contributed by atoms with Crippen molar-refractivity contribution in [1.29, 1.82) is 0 Å². The number of carboxylic acid groups (broad SMARTS) is 1. The van der Waals surface area contributed by atoms with Crippen LogP contribution in [-0.2, 0) is 4.79 Å². The second-order valence-corrected chi connectivity index (χ2v) is 4.08. The van der Waals surface area contributed by atoms with Crippen molar-refractivity contribution in [2.24, 2.45) is 0 Å². The molecule has 0 heterocycles. The lowest BCUT2D eigenvalue weighted by molar-refractivity contribution is -0.131. The lowest BCUT2D eigenvalue weighted by Gasteiger charge is -2.15. The first kappa shape index (κ1) is 14.3. The molecule has 98 valence electrons. The summed E-state index contributed by atoms with van der Waals surface area (Å²) in [5.74, 6) is -1.26. The summed E-state index contributed by atoms with van der Waals surface area (Å²) in [6, 6.07) is 4.18. The van der Waals surface area contributed by atoms with Crippen LogP contribution in [0.1, 0.15) is 17.3 Å². The van der Waals surface area contributed by atoms with Crippen LogP contribution in [0.25, 0.3) is 0 Å². The maximum atomic E-state index is 11.5. The average molecular weight is 272 g/mol. The minimum absolute atomic E-state index is 0.0219. The quantitative estimate of drug-likeness (QED) is 0.888. The third kappa shape index (κ3) is 3.63. The number of nitrogens with zero attached hydrogens (tertiary/aromatic N) is 1. The van der Waals surface area contributed by atoms with Crippen molar-refractivity contribution in [2.75, 3.05) is 20.2 Å². The van der Waals surface area contributed by atoms with Gasteiger partial charge in [0, 0.05) is 18.6 Å². The summed E-state index contributed by atoms with van der Waals surface area (Å²) in [7, 11) is 1.64. The number of carbonyl (C=O) groups excluding carboxylic acids is 1. The van der Waals surface area contributed by atoms with Crippen LogP contribution in [0.4, 0.5) is 0 Å². The van der Waals surface area contributed by atoms with Gasteiger partial charge in [-0.2, -0.15) is 0 Å².